The molecule has 1 atom stereocenters. The second kappa shape index (κ2) is 9.00. The highest BCUT2D eigenvalue weighted by atomic mass is 16.5. The van der Waals surface area contributed by atoms with Gasteiger partial charge in [-0.25, -0.2) is 0 Å². The van der Waals surface area contributed by atoms with Crippen LogP contribution < -0.4 is 5.32 Å². The third-order valence-corrected chi connectivity index (χ3v) is 3.35. The summed E-state index contributed by atoms with van der Waals surface area (Å²) in [5.41, 5.74) is -0.0542. The summed E-state index contributed by atoms with van der Waals surface area (Å²) in [4.78, 5) is 0. The normalized spacial score (nSPS) is 14.1. The zero-order valence-corrected chi connectivity index (χ0v) is 11.9. The molecule has 16 heavy (non-hydrogen) atoms. The number of methoxy groups -OCH3 is 1. The highest BCUT2D eigenvalue weighted by Gasteiger charge is 2.27. The molecule has 0 heterocycles. The minimum absolute atomic E-state index is 0.0542. The van der Waals surface area contributed by atoms with Crippen molar-refractivity contribution < 1.29 is 4.74 Å². The lowest BCUT2D eigenvalue weighted by Crippen LogP contribution is -2.48. The van der Waals surface area contributed by atoms with Crippen LogP contribution in [0.1, 0.15) is 66.2 Å². The molecule has 0 amide bonds. The molecule has 2 nitrogen and oxygen atoms in total. The van der Waals surface area contributed by atoms with E-state index in [0.29, 0.717) is 6.04 Å². The summed E-state index contributed by atoms with van der Waals surface area (Å²) >= 11 is 0. The van der Waals surface area contributed by atoms with Crippen LogP contribution in [0.15, 0.2) is 0 Å². The molecule has 0 aromatic rings. The number of hydrogen-bond donors (Lipinski definition) is 1. The second-order valence-electron chi connectivity index (χ2n) is 5.16. The Balaban J connectivity index is 4.00. The standard InChI is InChI=1S/C14H31NO/c1-6-8-9-10-11-13(15-12-7-2)14(3,4)16-5/h13,15H,6-12H2,1-5H3. The van der Waals surface area contributed by atoms with Crippen LogP contribution in [-0.4, -0.2) is 25.3 Å². The molecule has 0 aromatic heterocycles. The molecule has 0 fully saturated rings. The predicted molar refractivity (Wildman–Crippen MR) is 71.9 cm³/mol. The first kappa shape index (κ1) is 15.9. The summed E-state index contributed by atoms with van der Waals surface area (Å²) in [7, 11) is 1.81. The van der Waals surface area contributed by atoms with Gasteiger partial charge in [0, 0.05) is 13.2 Å². The summed E-state index contributed by atoms with van der Waals surface area (Å²) in [6, 6.07) is 0.481. The van der Waals surface area contributed by atoms with Crippen LogP contribution in [-0.2, 0) is 4.74 Å². The van der Waals surface area contributed by atoms with E-state index in [0.717, 1.165) is 6.54 Å². The van der Waals surface area contributed by atoms with E-state index in [-0.39, 0.29) is 5.60 Å². The van der Waals surface area contributed by atoms with Crippen molar-refractivity contribution in [1.29, 1.82) is 0 Å². The number of nitrogens with one attached hydrogen (secondary N) is 1. The van der Waals surface area contributed by atoms with Gasteiger partial charge in [0.2, 0.25) is 0 Å². The maximum absolute atomic E-state index is 5.59. The zero-order chi connectivity index (χ0) is 12.4. The Morgan fingerprint density at radius 1 is 1.06 bits per heavy atom. The Morgan fingerprint density at radius 3 is 2.25 bits per heavy atom. The smallest absolute Gasteiger partial charge is 0.0774 e. The number of ether oxygens (including phenoxy) is 1. The Morgan fingerprint density at radius 2 is 1.75 bits per heavy atom. The predicted octanol–water partition coefficient (Wildman–Crippen LogP) is 3.75. The van der Waals surface area contributed by atoms with E-state index in [4.69, 9.17) is 4.74 Å². The lowest BCUT2D eigenvalue weighted by Gasteiger charge is -2.34. The summed E-state index contributed by atoms with van der Waals surface area (Å²) in [6.07, 6.45) is 7.73. The Kier molecular flexibility index (Phi) is 8.96. The molecule has 0 bridgehead atoms. The molecule has 0 radical (unpaired) electrons. The molecule has 0 rings (SSSR count). The first-order valence-electron chi connectivity index (χ1n) is 6.87. The van der Waals surface area contributed by atoms with Crippen LogP contribution >= 0.6 is 0 Å². The van der Waals surface area contributed by atoms with E-state index >= 15 is 0 Å². The van der Waals surface area contributed by atoms with Gasteiger partial charge in [-0.1, -0.05) is 39.5 Å². The van der Waals surface area contributed by atoms with Crippen LogP contribution in [0.3, 0.4) is 0 Å². The van der Waals surface area contributed by atoms with Gasteiger partial charge in [0.15, 0.2) is 0 Å². The van der Waals surface area contributed by atoms with Crippen molar-refractivity contribution in [3.8, 4) is 0 Å². The highest BCUT2D eigenvalue weighted by molar-refractivity contribution is 4.85. The fraction of sp³-hybridized carbons (Fsp3) is 1.00. The molecule has 0 aromatic carbocycles. The van der Waals surface area contributed by atoms with E-state index in [9.17, 15) is 0 Å². The van der Waals surface area contributed by atoms with E-state index in [1.54, 1.807) is 0 Å². The van der Waals surface area contributed by atoms with Gasteiger partial charge < -0.3 is 10.1 Å². The zero-order valence-electron chi connectivity index (χ0n) is 11.9. The number of unbranched alkanes of at least 4 members (excludes halogenated alkanes) is 3. The lowest BCUT2D eigenvalue weighted by molar-refractivity contribution is -0.0131. The van der Waals surface area contributed by atoms with Crippen molar-refractivity contribution >= 4 is 0 Å². The molecule has 0 saturated heterocycles. The van der Waals surface area contributed by atoms with Gasteiger partial charge in [0.05, 0.1) is 5.60 Å². The molecule has 0 aliphatic carbocycles. The first-order valence-corrected chi connectivity index (χ1v) is 6.87. The van der Waals surface area contributed by atoms with Crippen LogP contribution in [0.5, 0.6) is 0 Å². The van der Waals surface area contributed by atoms with Crippen LogP contribution in [0.2, 0.25) is 0 Å². The molecule has 1 N–H and O–H groups in total. The van der Waals surface area contributed by atoms with Crippen molar-refractivity contribution in [2.24, 2.45) is 0 Å². The topological polar surface area (TPSA) is 21.3 Å². The van der Waals surface area contributed by atoms with Crippen LogP contribution in [0, 0.1) is 0 Å². The minimum atomic E-state index is -0.0542. The second-order valence-corrected chi connectivity index (χ2v) is 5.16. The minimum Gasteiger partial charge on any atom is -0.377 e. The van der Waals surface area contributed by atoms with Gasteiger partial charge in [0.1, 0.15) is 0 Å². The summed E-state index contributed by atoms with van der Waals surface area (Å²) < 4.78 is 5.59. The molecule has 0 aliphatic heterocycles. The third-order valence-electron chi connectivity index (χ3n) is 3.35. The Labute approximate surface area is 102 Å². The van der Waals surface area contributed by atoms with Crippen molar-refractivity contribution in [3.63, 3.8) is 0 Å². The summed E-state index contributed by atoms with van der Waals surface area (Å²) in [6.45, 7) is 9.92. The van der Waals surface area contributed by atoms with E-state index < -0.39 is 0 Å². The molecular formula is C14H31NO. The fourth-order valence-electron chi connectivity index (χ4n) is 1.93. The van der Waals surface area contributed by atoms with Crippen LogP contribution in [0.4, 0.5) is 0 Å². The average Bonchev–Trinajstić information content (AvgIpc) is 2.28. The number of rotatable bonds is 10. The van der Waals surface area contributed by atoms with E-state index in [2.05, 4.69) is 33.0 Å². The molecule has 0 saturated carbocycles. The third kappa shape index (κ3) is 6.49. The van der Waals surface area contributed by atoms with Crippen LogP contribution in [0.25, 0.3) is 0 Å². The molecule has 0 aliphatic rings. The summed E-state index contributed by atoms with van der Waals surface area (Å²) in [5.74, 6) is 0. The largest absolute Gasteiger partial charge is 0.377 e. The maximum atomic E-state index is 5.59. The van der Waals surface area contributed by atoms with Crippen molar-refractivity contribution in [2.45, 2.75) is 77.9 Å². The first-order chi connectivity index (χ1) is 7.58. The van der Waals surface area contributed by atoms with Gasteiger partial charge in [-0.15, -0.1) is 0 Å². The quantitative estimate of drug-likeness (QED) is 0.576. The van der Waals surface area contributed by atoms with Gasteiger partial charge >= 0.3 is 0 Å². The Bertz CT molecular complexity index is 157. The van der Waals surface area contributed by atoms with E-state index in [1.165, 1.54) is 38.5 Å². The maximum Gasteiger partial charge on any atom is 0.0774 e. The van der Waals surface area contributed by atoms with Gasteiger partial charge in [-0.3, -0.25) is 0 Å². The average molecular weight is 229 g/mol. The van der Waals surface area contributed by atoms with E-state index in [1.807, 2.05) is 7.11 Å². The van der Waals surface area contributed by atoms with Gasteiger partial charge in [0.25, 0.3) is 0 Å². The van der Waals surface area contributed by atoms with Crippen molar-refractivity contribution in [3.05, 3.63) is 0 Å². The molecule has 1 unspecified atom stereocenters. The van der Waals surface area contributed by atoms with Gasteiger partial charge in [-0.2, -0.15) is 0 Å². The SMILES string of the molecule is CCCCCCC(NCCC)C(C)(C)OC. The monoisotopic (exact) mass is 229 g/mol. The van der Waals surface area contributed by atoms with Crippen molar-refractivity contribution in [1.82, 2.24) is 5.32 Å². The molecular weight excluding hydrogens is 198 g/mol. The number of hydrogen-bond acceptors (Lipinski definition) is 2. The Hall–Kier alpha value is -0.0800. The fourth-order valence-corrected chi connectivity index (χ4v) is 1.93. The summed E-state index contributed by atoms with van der Waals surface area (Å²) in [5, 5.41) is 3.61. The molecule has 0 spiro atoms. The van der Waals surface area contributed by atoms with Crippen molar-refractivity contribution in [2.75, 3.05) is 13.7 Å². The molecule has 98 valence electrons. The molecule has 2 heteroatoms. The highest BCUT2D eigenvalue weighted by Crippen LogP contribution is 2.19. The van der Waals surface area contributed by atoms with Gasteiger partial charge in [-0.05, 0) is 33.2 Å². The lowest BCUT2D eigenvalue weighted by atomic mass is 9.93.